The first-order valence-corrected chi connectivity index (χ1v) is 7.39. The fraction of sp³-hybridized carbons (Fsp3) is 0.929. The van der Waals surface area contributed by atoms with E-state index in [0.717, 1.165) is 12.8 Å². The van der Waals surface area contributed by atoms with E-state index in [-0.39, 0.29) is 18.6 Å². The Labute approximate surface area is 123 Å². The third-order valence-electron chi connectivity index (χ3n) is 4.49. The van der Waals surface area contributed by atoms with Crippen LogP contribution in [0.15, 0.2) is 0 Å². The van der Waals surface area contributed by atoms with E-state index in [0.29, 0.717) is 25.3 Å². The summed E-state index contributed by atoms with van der Waals surface area (Å²) in [5.74, 6) is -0.291. The number of nitrogens with one attached hydrogen (secondary N) is 1. The van der Waals surface area contributed by atoms with Crippen LogP contribution in [0, 0.1) is 0 Å². The lowest BCUT2D eigenvalue weighted by Crippen LogP contribution is -2.52. The molecule has 0 amide bonds. The summed E-state index contributed by atoms with van der Waals surface area (Å²) in [5.41, 5.74) is -0.715. The number of carbonyl (C=O) groups is 1. The average Bonchev–Trinajstić information content (AvgIpc) is 3.11. The number of rotatable bonds is 6. The van der Waals surface area contributed by atoms with Gasteiger partial charge in [0.2, 0.25) is 0 Å². The Hall–Kier alpha value is -0.820. The maximum absolute atomic E-state index is 12.3. The third kappa shape index (κ3) is 4.32. The summed E-state index contributed by atoms with van der Waals surface area (Å²) >= 11 is 0. The Morgan fingerprint density at radius 2 is 2.05 bits per heavy atom. The number of nitrogens with zero attached hydrogens (tertiary/aromatic N) is 1. The molecule has 0 spiro atoms. The smallest absolute Gasteiger partial charge is 0.390 e. The molecular formula is C14H23F3N2O2. The summed E-state index contributed by atoms with van der Waals surface area (Å²) < 4.78 is 41.8. The molecule has 122 valence electrons. The van der Waals surface area contributed by atoms with E-state index in [4.69, 9.17) is 4.74 Å². The van der Waals surface area contributed by atoms with Crippen LogP contribution in [0.5, 0.6) is 0 Å². The van der Waals surface area contributed by atoms with Crippen molar-refractivity contribution >= 4 is 5.97 Å². The van der Waals surface area contributed by atoms with Crippen LogP contribution in [0.4, 0.5) is 13.2 Å². The van der Waals surface area contributed by atoms with Gasteiger partial charge in [0, 0.05) is 18.6 Å². The summed E-state index contributed by atoms with van der Waals surface area (Å²) in [7, 11) is 3.06. The quantitative estimate of drug-likeness (QED) is 0.763. The van der Waals surface area contributed by atoms with Gasteiger partial charge in [-0.1, -0.05) is 0 Å². The lowest BCUT2D eigenvalue weighted by atomic mass is 9.97. The molecule has 0 aromatic carbocycles. The van der Waals surface area contributed by atoms with E-state index in [9.17, 15) is 18.0 Å². The van der Waals surface area contributed by atoms with Crippen molar-refractivity contribution in [2.75, 3.05) is 20.7 Å². The molecule has 2 atom stereocenters. The molecule has 0 aliphatic heterocycles. The zero-order chi connectivity index (χ0) is 15.7. The van der Waals surface area contributed by atoms with Crippen LogP contribution in [0.3, 0.4) is 0 Å². The molecule has 0 bridgehead atoms. The Bertz CT molecular complexity index is 385. The van der Waals surface area contributed by atoms with Gasteiger partial charge in [0.25, 0.3) is 0 Å². The van der Waals surface area contributed by atoms with Gasteiger partial charge in [0.15, 0.2) is 0 Å². The summed E-state index contributed by atoms with van der Waals surface area (Å²) in [6, 6.07) is 0.334. The number of halogens is 3. The highest BCUT2D eigenvalue weighted by Gasteiger charge is 2.49. The van der Waals surface area contributed by atoms with Gasteiger partial charge in [-0.25, -0.2) is 0 Å². The van der Waals surface area contributed by atoms with Crippen molar-refractivity contribution in [3.05, 3.63) is 0 Å². The summed E-state index contributed by atoms with van der Waals surface area (Å²) in [4.78, 5) is 13.8. The lowest BCUT2D eigenvalue weighted by Gasteiger charge is -2.30. The summed E-state index contributed by atoms with van der Waals surface area (Å²) in [5, 5.41) is 3.35. The monoisotopic (exact) mass is 308 g/mol. The van der Waals surface area contributed by atoms with E-state index in [1.165, 1.54) is 7.11 Å². The fourth-order valence-corrected chi connectivity index (χ4v) is 3.07. The second-order valence-electron chi connectivity index (χ2n) is 6.23. The molecular weight excluding hydrogens is 285 g/mol. The Balaban J connectivity index is 1.93. The van der Waals surface area contributed by atoms with Crippen LogP contribution in [0.2, 0.25) is 0 Å². The van der Waals surface area contributed by atoms with Gasteiger partial charge in [-0.2, -0.15) is 13.2 Å². The predicted octanol–water partition coefficient (Wildman–Crippen LogP) is 2.09. The molecule has 2 rings (SSSR count). The highest BCUT2D eigenvalue weighted by molar-refractivity contribution is 5.81. The van der Waals surface area contributed by atoms with Crippen LogP contribution in [-0.2, 0) is 9.53 Å². The minimum absolute atomic E-state index is 0.0160. The van der Waals surface area contributed by atoms with Gasteiger partial charge in [0.05, 0.1) is 13.5 Å². The van der Waals surface area contributed by atoms with Gasteiger partial charge in [0.1, 0.15) is 5.54 Å². The number of hydrogen-bond acceptors (Lipinski definition) is 4. The van der Waals surface area contributed by atoms with E-state index < -0.39 is 18.1 Å². The Morgan fingerprint density at radius 3 is 2.57 bits per heavy atom. The molecule has 7 heteroatoms. The highest BCUT2D eigenvalue weighted by atomic mass is 19.4. The molecule has 0 aromatic heterocycles. The minimum atomic E-state index is -4.14. The van der Waals surface area contributed by atoms with Gasteiger partial charge in [-0.3, -0.25) is 10.1 Å². The second-order valence-corrected chi connectivity index (χ2v) is 6.23. The fourth-order valence-electron chi connectivity index (χ4n) is 3.07. The number of methoxy groups -OCH3 is 1. The number of esters is 1. The Kier molecular flexibility index (Phi) is 4.82. The molecule has 0 saturated heterocycles. The molecule has 2 aliphatic carbocycles. The van der Waals surface area contributed by atoms with Crippen molar-refractivity contribution < 1.29 is 22.7 Å². The van der Waals surface area contributed by atoms with Crippen LogP contribution in [0.1, 0.15) is 38.5 Å². The van der Waals surface area contributed by atoms with Gasteiger partial charge >= 0.3 is 12.1 Å². The molecule has 21 heavy (non-hydrogen) atoms. The molecule has 4 nitrogen and oxygen atoms in total. The number of carbonyl (C=O) groups excluding carboxylic acids is 1. The molecule has 1 N–H and O–H groups in total. The van der Waals surface area contributed by atoms with Crippen LogP contribution >= 0.6 is 0 Å². The largest absolute Gasteiger partial charge is 0.468 e. The molecule has 0 heterocycles. The van der Waals surface area contributed by atoms with Crippen LogP contribution in [-0.4, -0.2) is 55.4 Å². The standard InChI is InChI=1S/C14H23F3N2O2/c1-19(8-7-14(15,16)17)11-5-6-13(9-11,12(20)21-2)18-10-3-4-10/h10-11,18H,3-9H2,1-2H3. The van der Waals surface area contributed by atoms with Crippen molar-refractivity contribution in [2.45, 2.75) is 62.3 Å². The number of hydrogen-bond donors (Lipinski definition) is 1. The zero-order valence-corrected chi connectivity index (χ0v) is 12.5. The average molecular weight is 308 g/mol. The lowest BCUT2D eigenvalue weighted by molar-refractivity contribution is -0.149. The first-order chi connectivity index (χ1) is 9.76. The third-order valence-corrected chi connectivity index (χ3v) is 4.49. The molecule has 2 fully saturated rings. The van der Waals surface area contributed by atoms with Gasteiger partial charge < -0.3 is 9.64 Å². The van der Waals surface area contributed by atoms with Crippen molar-refractivity contribution in [2.24, 2.45) is 0 Å². The van der Waals surface area contributed by atoms with Crippen molar-refractivity contribution in [1.82, 2.24) is 10.2 Å². The summed E-state index contributed by atoms with van der Waals surface area (Å²) in [6.45, 7) is -0.0329. The molecule has 2 aliphatic rings. The van der Waals surface area contributed by atoms with Crippen LogP contribution in [0.25, 0.3) is 0 Å². The molecule has 2 unspecified atom stereocenters. The topological polar surface area (TPSA) is 41.6 Å². The second kappa shape index (κ2) is 6.12. The van der Waals surface area contributed by atoms with E-state index in [2.05, 4.69) is 5.32 Å². The van der Waals surface area contributed by atoms with Crippen molar-refractivity contribution in [3.63, 3.8) is 0 Å². The van der Waals surface area contributed by atoms with Crippen molar-refractivity contribution in [1.29, 1.82) is 0 Å². The first-order valence-electron chi connectivity index (χ1n) is 7.39. The summed E-state index contributed by atoms with van der Waals surface area (Å²) in [6.07, 6.45) is -1.01. The number of ether oxygens (including phenoxy) is 1. The van der Waals surface area contributed by atoms with Crippen molar-refractivity contribution in [3.8, 4) is 0 Å². The minimum Gasteiger partial charge on any atom is -0.468 e. The molecule has 2 saturated carbocycles. The maximum Gasteiger partial charge on any atom is 0.390 e. The van der Waals surface area contributed by atoms with E-state index >= 15 is 0 Å². The van der Waals surface area contributed by atoms with Gasteiger partial charge in [-0.05, 0) is 39.2 Å². The number of alkyl halides is 3. The van der Waals surface area contributed by atoms with E-state index in [1.54, 1.807) is 11.9 Å². The zero-order valence-electron chi connectivity index (χ0n) is 12.5. The SMILES string of the molecule is COC(=O)C1(NC2CC2)CCC(N(C)CCC(F)(F)F)C1. The maximum atomic E-state index is 12.3. The Morgan fingerprint density at radius 1 is 1.38 bits per heavy atom. The van der Waals surface area contributed by atoms with E-state index in [1.807, 2.05) is 0 Å². The highest BCUT2D eigenvalue weighted by Crippen LogP contribution is 2.37. The molecule has 0 aromatic rings. The predicted molar refractivity (Wildman–Crippen MR) is 71.8 cm³/mol. The molecule has 0 radical (unpaired) electrons. The van der Waals surface area contributed by atoms with Gasteiger partial charge in [-0.15, -0.1) is 0 Å². The normalized spacial score (nSPS) is 29.9. The van der Waals surface area contributed by atoms with Crippen LogP contribution < -0.4 is 5.32 Å². The first kappa shape index (κ1) is 16.5.